The molecule has 0 radical (unpaired) electrons. The predicted molar refractivity (Wildman–Crippen MR) is 92.8 cm³/mol. The fourth-order valence-electron chi connectivity index (χ4n) is 2.71. The molecule has 6 heteroatoms. The van der Waals surface area contributed by atoms with E-state index in [0.717, 1.165) is 29.7 Å². The second-order valence-corrected chi connectivity index (χ2v) is 6.15. The van der Waals surface area contributed by atoms with Crippen molar-refractivity contribution in [1.29, 1.82) is 0 Å². The second kappa shape index (κ2) is 7.95. The number of aryl methyl sites for hydroxylation is 1. The molecule has 0 aliphatic carbocycles. The summed E-state index contributed by atoms with van der Waals surface area (Å²) in [5, 5.41) is 2.76. The zero-order valence-corrected chi connectivity index (χ0v) is 14.5. The van der Waals surface area contributed by atoms with E-state index in [1.54, 1.807) is 6.92 Å². The van der Waals surface area contributed by atoms with Gasteiger partial charge in [0.15, 0.2) is 0 Å². The quantitative estimate of drug-likeness (QED) is 0.616. The van der Waals surface area contributed by atoms with Gasteiger partial charge in [-0.15, -0.1) is 0 Å². The molecule has 1 aromatic carbocycles. The summed E-state index contributed by atoms with van der Waals surface area (Å²) in [5.41, 5.74) is 1.74. The molecular formula is C18H25N3O3. The van der Waals surface area contributed by atoms with E-state index in [1.807, 2.05) is 31.2 Å². The van der Waals surface area contributed by atoms with E-state index in [-0.39, 0.29) is 18.4 Å². The van der Waals surface area contributed by atoms with E-state index < -0.39 is 12.1 Å². The maximum atomic E-state index is 12.6. The normalized spacial score (nSPS) is 17.5. The third-order valence-corrected chi connectivity index (χ3v) is 4.16. The summed E-state index contributed by atoms with van der Waals surface area (Å²) in [7, 11) is 0. The summed E-state index contributed by atoms with van der Waals surface area (Å²) in [4.78, 5) is 39.4. The van der Waals surface area contributed by atoms with Gasteiger partial charge in [-0.2, -0.15) is 0 Å². The Morgan fingerprint density at radius 2 is 1.83 bits per heavy atom. The summed E-state index contributed by atoms with van der Waals surface area (Å²) >= 11 is 0. The predicted octanol–water partition coefficient (Wildman–Crippen LogP) is 2.46. The van der Waals surface area contributed by atoms with Gasteiger partial charge in [0.25, 0.3) is 5.91 Å². The van der Waals surface area contributed by atoms with E-state index in [0.29, 0.717) is 12.2 Å². The standard InChI is InChI=1S/C18H25N3O3/c1-4-5-6-11-19-16(22)12-20-17(23)14(3)21(18(20)24)15-9-7-13(2)8-10-15/h7-10,14H,4-6,11-12H2,1-3H3,(H,19,22)/t14-/m1/s1. The molecule has 1 aliphatic heterocycles. The van der Waals surface area contributed by atoms with Crippen molar-refractivity contribution < 1.29 is 14.4 Å². The van der Waals surface area contributed by atoms with Gasteiger partial charge in [0.1, 0.15) is 12.6 Å². The molecule has 6 nitrogen and oxygen atoms in total. The number of amides is 4. The summed E-state index contributed by atoms with van der Waals surface area (Å²) in [6, 6.07) is 6.36. The second-order valence-electron chi connectivity index (χ2n) is 6.15. The average Bonchev–Trinajstić information content (AvgIpc) is 2.76. The van der Waals surface area contributed by atoms with Crippen molar-refractivity contribution in [2.24, 2.45) is 0 Å². The van der Waals surface area contributed by atoms with Gasteiger partial charge in [-0.3, -0.25) is 19.4 Å². The Morgan fingerprint density at radius 3 is 2.46 bits per heavy atom. The highest BCUT2D eigenvalue weighted by atomic mass is 16.2. The molecular weight excluding hydrogens is 306 g/mol. The molecule has 1 heterocycles. The van der Waals surface area contributed by atoms with Crippen molar-refractivity contribution in [3.63, 3.8) is 0 Å². The van der Waals surface area contributed by atoms with Crippen LogP contribution in [-0.2, 0) is 9.59 Å². The van der Waals surface area contributed by atoms with Crippen molar-refractivity contribution >= 4 is 23.5 Å². The van der Waals surface area contributed by atoms with E-state index in [2.05, 4.69) is 12.2 Å². The molecule has 1 atom stereocenters. The Balaban J connectivity index is 2.02. The van der Waals surface area contributed by atoms with Crippen molar-refractivity contribution in [2.75, 3.05) is 18.0 Å². The first-order chi connectivity index (χ1) is 11.5. The number of nitrogens with one attached hydrogen (secondary N) is 1. The molecule has 0 aromatic heterocycles. The zero-order chi connectivity index (χ0) is 17.7. The highest BCUT2D eigenvalue weighted by Crippen LogP contribution is 2.25. The van der Waals surface area contributed by atoms with Crippen LogP contribution >= 0.6 is 0 Å². The van der Waals surface area contributed by atoms with Gasteiger partial charge in [0.05, 0.1) is 0 Å². The van der Waals surface area contributed by atoms with Crippen LogP contribution in [0.25, 0.3) is 0 Å². The summed E-state index contributed by atoms with van der Waals surface area (Å²) in [5.74, 6) is -0.643. The minimum Gasteiger partial charge on any atom is -0.355 e. The van der Waals surface area contributed by atoms with Crippen molar-refractivity contribution in [2.45, 2.75) is 46.1 Å². The van der Waals surface area contributed by atoms with Crippen LogP contribution in [-0.4, -0.2) is 41.9 Å². The topological polar surface area (TPSA) is 69.7 Å². The Hall–Kier alpha value is -2.37. The summed E-state index contributed by atoms with van der Waals surface area (Å²) < 4.78 is 0. The minimum atomic E-state index is -0.604. The molecule has 1 aromatic rings. The molecule has 1 N–H and O–H groups in total. The van der Waals surface area contributed by atoms with Crippen molar-refractivity contribution in [1.82, 2.24) is 10.2 Å². The number of urea groups is 1. The van der Waals surface area contributed by atoms with Crippen LogP contribution in [0.3, 0.4) is 0 Å². The van der Waals surface area contributed by atoms with E-state index in [4.69, 9.17) is 0 Å². The first-order valence-corrected chi connectivity index (χ1v) is 8.43. The number of rotatable bonds is 7. The van der Waals surface area contributed by atoms with Crippen molar-refractivity contribution in [3.05, 3.63) is 29.8 Å². The molecule has 2 rings (SSSR count). The number of nitrogens with zero attached hydrogens (tertiary/aromatic N) is 2. The Morgan fingerprint density at radius 1 is 1.17 bits per heavy atom. The van der Waals surface area contributed by atoms with Gasteiger partial charge >= 0.3 is 6.03 Å². The van der Waals surface area contributed by atoms with Gasteiger partial charge in [-0.1, -0.05) is 37.5 Å². The average molecular weight is 331 g/mol. The van der Waals surface area contributed by atoms with Crippen LogP contribution in [0.2, 0.25) is 0 Å². The minimum absolute atomic E-state index is 0.226. The molecule has 1 aliphatic rings. The third-order valence-electron chi connectivity index (χ3n) is 4.16. The molecule has 0 saturated carbocycles. The molecule has 0 spiro atoms. The van der Waals surface area contributed by atoms with Gasteiger partial charge in [-0.25, -0.2) is 4.79 Å². The lowest BCUT2D eigenvalue weighted by Gasteiger charge is -2.19. The van der Waals surface area contributed by atoms with Gasteiger partial charge in [-0.05, 0) is 32.4 Å². The first-order valence-electron chi connectivity index (χ1n) is 8.43. The molecule has 0 bridgehead atoms. The molecule has 1 saturated heterocycles. The van der Waals surface area contributed by atoms with Crippen LogP contribution in [0.4, 0.5) is 10.5 Å². The first kappa shape index (κ1) is 18.0. The van der Waals surface area contributed by atoms with Gasteiger partial charge in [0.2, 0.25) is 5.91 Å². The number of unbranched alkanes of at least 4 members (excludes halogenated alkanes) is 2. The molecule has 24 heavy (non-hydrogen) atoms. The Kier molecular flexibility index (Phi) is 5.95. The monoisotopic (exact) mass is 331 g/mol. The molecule has 4 amide bonds. The fourth-order valence-corrected chi connectivity index (χ4v) is 2.71. The van der Waals surface area contributed by atoms with Gasteiger partial charge in [0, 0.05) is 12.2 Å². The van der Waals surface area contributed by atoms with E-state index in [9.17, 15) is 14.4 Å². The highest BCUT2D eigenvalue weighted by molar-refractivity contribution is 6.15. The van der Waals surface area contributed by atoms with Crippen LogP contribution in [0.15, 0.2) is 24.3 Å². The zero-order valence-electron chi connectivity index (χ0n) is 14.5. The highest BCUT2D eigenvalue weighted by Gasteiger charge is 2.43. The Bertz CT molecular complexity index is 612. The fraction of sp³-hybridized carbons (Fsp3) is 0.500. The maximum Gasteiger partial charge on any atom is 0.332 e. The van der Waals surface area contributed by atoms with E-state index >= 15 is 0 Å². The number of benzene rings is 1. The molecule has 1 fully saturated rings. The lowest BCUT2D eigenvalue weighted by Crippen LogP contribution is -2.41. The number of hydrogen-bond acceptors (Lipinski definition) is 3. The SMILES string of the molecule is CCCCCNC(=O)CN1C(=O)[C@@H](C)N(c2ccc(C)cc2)C1=O. The van der Waals surface area contributed by atoms with Crippen molar-refractivity contribution in [3.8, 4) is 0 Å². The van der Waals surface area contributed by atoms with Gasteiger partial charge < -0.3 is 5.32 Å². The number of imide groups is 1. The van der Waals surface area contributed by atoms with Crippen LogP contribution in [0, 0.1) is 6.92 Å². The smallest absolute Gasteiger partial charge is 0.332 e. The van der Waals surface area contributed by atoms with Crippen LogP contribution in [0.5, 0.6) is 0 Å². The molecule has 130 valence electrons. The summed E-state index contributed by atoms with van der Waals surface area (Å²) in [6.45, 7) is 6.07. The third kappa shape index (κ3) is 3.93. The molecule has 0 unspecified atom stereocenters. The maximum absolute atomic E-state index is 12.6. The number of hydrogen-bond donors (Lipinski definition) is 1. The van der Waals surface area contributed by atoms with Crippen LogP contribution < -0.4 is 10.2 Å². The number of carbonyl (C=O) groups excluding carboxylic acids is 3. The number of carbonyl (C=O) groups is 3. The largest absolute Gasteiger partial charge is 0.355 e. The van der Waals surface area contributed by atoms with Crippen LogP contribution in [0.1, 0.15) is 38.7 Å². The van der Waals surface area contributed by atoms with E-state index in [1.165, 1.54) is 4.90 Å². The Labute approximate surface area is 142 Å². The lowest BCUT2D eigenvalue weighted by molar-refractivity contribution is -0.131. The lowest BCUT2D eigenvalue weighted by atomic mass is 10.2. The summed E-state index contributed by atoms with van der Waals surface area (Å²) in [6.07, 6.45) is 3.01. The number of anilines is 1.